The number of hydrogen-bond donors (Lipinski definition) is 1. The first-order chi connectivity index (χ1) is 16.5. The number of nitrogens with zero attached hydrogens (tertiary/aromatic N) is 4. The zero-order chi connectivity index (χ0) is 25.3. The van der Waals surface area contributed by atoms with Crippen LogP contribution in [0, 0.1) is 5.82 Å². The molecular formula is C23H18F5N5O2. The molecule has 0 bridgehead atoms. The molecule has 2 atom stereocenters. The number of nitrogens with one attached hydrogen (secondary N) is 1. The molecule has 7 nitrogen and oxygen atoms in total. The van der Waals surface area contributed by atoms with E-state index in [1.807, 2.05) is 0 Å². The van der Waals surface area contributed by atoms with Gasteiger partial charge in [0.2, 0.25) is 5.95 Å². The van der Waals surface area contributed by atoms with E-state index >= 15 is 0 Å². The summed E-state index contributed by atoms with van der Waals surface area (Å²) >= 11 is 0. The fraction of sp³-hybridized carbons (Fsp3) is 0.217. The van der Waals surface area contributed by atoms with Crippen LogP contribution in [-0.4, -0.2) is 19.5 Å². The Labute approximate surface area is 195 Å². The minimum absolute atomic E-state index is 0.0665. The molecule has 0 amide bonds. The molecule has 0 unspecified atom stereocenters. The van der Waals surface area contributed by atoms with Gasteiger partial charge in [-0.1, -0.05) is 18.2 Å². The topological polar surface area (TPSA) is 85.8 Å². The Morgan fingerprint density at radius 3 is 2.49 bits per heavy atom. The van der Waals surface area contributed by atoms with Crippen LogP contribution in [0.15, 0.2) is 64.3 Å². The second-order valence-corrected chi connectivity index (χ2v) is 7.66. The normalized spacial score (nSPS) is 13.5. The number of anilines is 1. The summed E-state index contributed by atoms with van der Waals surface area (Å²) in [6.07, 6.45) is -2.93. The van der Waals surface area contributed by atoms with Gasteiger partial charge in [-0.25, -0.2) is 23.1 Å². The van der Waals surface area contributed by atoms with E-state index in [-0.39, 0.29) is 11.6 Å². The van der Waals surface area contributed by atoms with E-state index in [0.717, 1.165) is 31.5 Å². The van der Waals surface area contributed by atoms with E-state index in [4.69, 9.17) is 0 Å². The van der Waals surface area contributed by atoms with Gasteiger partial charge >= 0.3 is 11.9 Å². The highest BCUT2D eigenvalue weighted by molar-refractivity contribution is 5.63. The van der Waals surface area contributed by atoms with Crippen molar-refractivity contribution in [3.63, 3.8) is 0 Å². The summed E-state index contributed by atoms with van der Waals surface area (Å²) in [5.41, 5.74) is 0.363. The van der Waals surface area contributed by atoms with Crippen LogP contribution in [0.5, 0.6) is 0 Å². The maximum atomic E-state index is 14.4. The predicted octanol–water partition coefficient (Wildman–Crippen LogP) is 5.64. The van der Waals surface area contributed by atoms with E-state index in [0.29, 0.717) is 21.4 Å². The molecule has 1 aromatic carbocycles. The van der Waals surface area contributed by atoms with Gasteiger partial charge in [0.25, 0.3) is 0 Å². The highest BCUT2D eigenvalue weighted by Crippen LogP contribution is 2.32. The van der Waals surface area contributed by atoms with Crippen molar-refractivity contribution in [1.29, 1.82) is 0 Å². The molecule has 4 rings (SSSR count). The Hall–Kier alpha value is -4.09. The van der Waals surface area contributed by atoms with Gasteiger partial charge in [-0.05, 0) is 37.6 Å². The molecule has 0 saturated carbocycles. The average Bonchev–Trinajstić information content (AvgIpc) is 3.21. The Balaban J connectivity index is 1.56. The second kappa shape index (κ2) is 9.28. The predicted molar refractivity (Wildman–Crippen MR) is 116 cm³/mol. The second-order valence-electron chi connectivity index (χ2n) is 7.66. The van der Waals surface area contributed by atoms with Gasteiger partial charge in [0.1, 0.15) is 18.1 Å². The van der Waals surface area contributed by atoms with Gasteiger partial charge in [0.15, 0.2) is 11.6 Å². The molecule has 0 fully saturated rings. The molecule has 0 saturated heterocycles. The molecule has 3 aromatic heterocycles. The lowest BCUT2D eigenvalue weighted by Crippen LogP contribution is -2.20. The molecule has 0 aliphatic carbocycles. The SMILES string of the molecule is C[C@H](F)c1coc(=O)n1-c1nc(N[C@@H](C)c2ccc(-c3cccc(C(F)(F)F)c3)cn2)ncc1F. The van der Waals surface area contributed by atoms with Crippen LogP contribution >= 0.6 is 0 Å². The monoisotopic (exact) mass is 491 g/mol. The highest BCUT2D eigenvalue weighted by Gasteiger charge is 2.30. The van der Waals surface area contributed by atoms with E-state index < -0.39 is 41.3 Å². The molecule has 4 aromatic rings. The minimum atomic E-state index is -4.46. The zero-order valence-corrected chi connectivity index (χ0v) is 18.3. The summed E-state index contributed by atoms with van der Waals surface area (Å²) in [4.78, 5) is 24.1. The molecule has 35 heavy (non-hydrogen) atoms. The number of benzene rings is 1. The average molecular weight is 491 g/mol. The maximum Gasteiger partial charge on any atom is 0.425 e. The fourth-order valence-electron chi connectivity index (χ4n) is 3.36. The molecule has 0 aliphatic heterocycles. The number of alkyl halides is 4. The van der Waals surface area contributed by atoms with Gasteiger partial charge in [0.05, 0.1) is 23.5 Å². The van der Waals surface area contributed by atoms with Crippen molar-refractivity contribution < 1.29 is 26.4 Å². The largest absolute Gasteiger partial charge is 0.425 e. The number of aromatic nitrogens is 4. The van der Waals surface area contributed by atoms with Gasteiger partial charge in [-0.3, -0.25) is 4.98 Å². The summed E-state index contributed by atoms with van der Waals surface area (Å²) in [6.45, 7) is 2.87. The Morgan fingerprint density at radius 2 is 1.83 bits per heavy atom. The summed E-state index contributed by atoms with van der Waals surface area (Å²) < 4.78 is 72.5. The van der Waals surface area contributed by atoms with Gasteiger partial charge in [0, 0.05) is 11.8 Å². The Bertz CT molecular complexity index is 1400. The summed E-state index contributed by atoms with van der Waals surface area (Å²) in [7, 11) is 0. The van der Waals surface area contributed by atoms with Crippen LogP contribution in [0.1, 0.15) is 43.0 Å². The van der Waals surface area contributed by atoms with Crippen molar-refractivity contribution in [3.8, 4) is 16.9 Å². The van der Waals surface area contributed by atoms with E-state index in [1.54, 1.807) is 25.1 Å². The van der Waals surface area contributed by atoms with Crippen LogP contribution < -0.4 is 11.1 Å². The number of oxazole rings is 1. The van der Waals surface area contributed by atoms with E-state index in [2.05, 4.69) is 24.7 Å². The smallest absolute Gasteiger partial charge is 0.416 e. The molecule has 0 radical (unpaired) electrons. The van der Waals surface area contributed by atoms with Crippen LogP contribution in [-0.2, 0) is 6.18 Å². The summed E-state index contributed by atoms with van der Waals surface area (Å²) in [5.74, 6) is -2.52. The molecule has 0 aliphatic rings. The van der Waals surface area contributed by atoms with Gasteiger partial charge in [-0.2, -0.15) is 18.2 Å². The van der Waals surface area contributed by atoms with Crippen molar-refractivity contribution in [2.45, 2.75) is 32.2 Å². The number of rotatable bonds is 6. The van der Waals surface area contributed by atoms with Crippen LogP contribution in [0.4, 0.5) is 27.9 Å². The lowest BCUT2D eigenvalue weighted by atomic mass is 10.0. The van der Waals surface area contributed by atoms with Crippen molar-refractivity contribution in [1.82, 2.24) is 19.5 Å². The van der Waals surface area contributed by atoms with Crippen LogP contribution in [0.3, 0.4) is 0 Å². The van der Waals surface area contributed by atoms with Crippen molar-refractivity contribution in [3.05, 3.63) is 88.4 Å². The van der Waals surface area contributed by atoms with Crippen molar-refractivity contribution in [2.24, 2.45) is 0 Å². The first-order valence-electron chi connectivity index (χ1n) is 10.3. The van der Waals surface area contributed by atoms with E-state index in [9.17, 15) is 26.7 Å². The minimum Gasteiger partial charge on any atom is -0.416 e. The summed E-state index contributed by atoms with van der Waals surface area (Å²) in [6, 6.07) is 7.61. The van der Waals surface area contributed by atoms with Gasteiger partial charge < -0.3 is 9.73 Å². The molecule has 3 heterocycles. The maximum absolute atomic E-state index is 14.4. The molecule has 12 heteroatoms. The first kappa shape index (κ1) is 24.0. The standard InChI is InChI=1S/C23H18F5N5O2/c1-12(24)19-11-35-22(34)33(19)20-17(25)10-30-21(32-20)31-13(2)18-7-6-15(9-29-18)14-4-3-5-16(8-14)23(26,27)28/h3-13H,1-2H3,(H,30,31,32)/t12-,13-/m0/s1. The first-order valence-corrected chi connectivity index (χ1v) is 10.3. The summed E-state index contributed by atoms with van der Waals surface area (Å²) in [5, 5.41) is 2.90. The number of pyridine rings is 1. The lowest BCUT2D eigenvalue weighted by molar-refractivity contribution is -0.137. The third-order valence-electron chi connectivity index (χ3n) is 5.17. The van der Waals surface area contributed by atoms with Crippen molar-refractivity contribution in [2.75, 3.05) is 5.32 Å². The Kier molecular flexibility index (Phi) is 6.37. The lowest BCUT2D eigenvalue weighted by Gasteiger charge is -2.15. The van der Waals surface area contributed by atoms with E-state index in [1.165, 1.54) is 12.3 Å². The van der Waals surface area contributed by atoms with Gasteiger partial charge in [-0.15, -0.1) is 0 Å². The number of hydrogen-bond acceptors (Lipinski definition) is 6. The van der Waals surface area contributed by atoms with Crippen LogP contribution in [0.2, 0.25) is 0 Å². The third kappa shape index (κ3) is 5.05. The molecule has 1 N–H and O–H groups in total. The van der Waals surface area contributed by atoms with Crippen molar-refractivity contribution >= 4 is 5.95 Å². The fourth-order valence-corrected chi connectivity index (χ4v) is 3.36. The number of halogens is 5. The molecular weight excluding hydrogens is 473 g/mol. The third-order valence-corrected chi connectivity index (χ3v) is 5.17. The molecule has 0 spiro atoms. The van der Waals surface area contributed by atoms with Crippen LogP contribution in [0.25, 0.3) is 16.9 Å². The highest BCUT2D eigenvalue weighted by atomic mass is 19.4. The Morgan fingerprint density at radius 1 is 1.06 bits per heavy atom. The molecule has 182 valence electrons. The zero-order valence-electron chi connectivity index (χ0n) is 18.3. The quantitative estimate of drug-likeness (QED) is 0.351.